The third kappa shape index (κ3) is 20.1. The summed E-state index contributed by atoms with van der Waals surface area (Å²) in [7, 11) is 0. The number of carboxylic acids is 1. The van der Waals surface area contributed by atoms with Gasteiger partial charge in [0.2, 0.25) is 47.3 Å². The fourth-order valence-electron chi connectivity index (χ4n) is 7.07. The number of unbranched alkanes of at least 4 members (excludes halogenated alkanes) is 2. The van der Waals surface area contributed by atoms with Crippen LogP contribution in [0.2, 0.25) is 0 Å². The van der Waals surface area contributed by atoms with Crippen LogP contribution in [-0.2, 0) is 43.2 Å². The molecule has 23 heteroatoms. The molecule has 0 spiro atoms. The molecule has 22 nitrogen and oxygen atoms in total. The number of nitrogens with two attached hydrogens (primary N) is 3. The number of nitrogens with zero attached hydrogens (tertiary/aromatic N) is 1. The van der Waals surface area contributed by atoms with Crippen LogP contribution in [-0.4, -0.2) is 161 Å². The Morgan fingerprint density at radius 2 is 1.21 bits per heavy atom. The Morgan fingerprint density at radius 1 is 0.682 bits per heavy atom. The molecule has 66 heavy (non-hydrogen) atoms. The van der Waals surface area contributed by atoms with Gasteiger partial charge >= 0.3 is 5.97 Å². The molecule has 15 N–H and O–H groups in total. The van der Waals surface area contributed by atoms with Crippen molar-refractivity contribution in [2.75, 3.05) is 44.8 Å². The monoisotopic (exact) mass is 958 g/mol. The molecular weight excluding hydrogens is 879 g/mol. The molecular formula is C43H79N11O11S. The maximum atomic E-state index is 13.8. The lowest BCUT2D eigenvalue weighted by molar-refractivity contribution is -0.144. The molecule has 0 aliphatic carbocycles. The first-order valence-corrected chi connectivity index (χ1v) is 24.5. The van der Waals surface area contributed by atoms with Crippen LogP contribution >= 0.6 is 11.8 Å². The molecule has 0 aromatic carbocycles. The second-order valence-electron chi connectivity index (χ2n) is 17.5. The van der Waals surface area contributed by atoms with Crippen LogP contribution in [0.5, 0.6) is 0 Å². The van der Waals surface area contributed by atoms with Gasteiger partial charge in [0.25, 0.3) is 0 Å². The number of likely N-dealkylation sites (tertiary alicyclic amines) is 1. The molecule has 1 fully saturated rings. The highest BCUT2D eigenvalue weighted by Gasteiger charge is 2.40. The van der Waals surface area contributed by atoms with E-state index in [1.807, 2.05) is 13.2 Å². The summed E-state index contributed by atoms with van der Waals surface area (Å²) in [6.45, 7) is 9.61. The summed E-state index contributed by atoms with van der Waals surface area (Å²) in [5.41, 5.74) is 17.3. The Balaban J connectivity index is 3.12. The maximum Gasteiger partial charge on any atom is 0.326 e. The summed E-state index contributed by atoms with van der Waals surface area (Å²) in [6, 6.07) is -9.05. The number of aliphatic hydroxyl groups is 1. The first-order chi connectivity index (χ1) is 31.2. The lowest BCUT2D eigenvalue weighted by Crippen LogP contribution is -2.59. The van der Waals surface area contributed by atoms with Crippen LogP contribution in [0, 0.1) is 17.8 Å². The summed E-state index contributed by atoms with van der Waals surface area (Å²) in [5.74, 6) is -7.26. The zero-order valence-corrected chi connectivity index (χ0v) is 40.6. The number of carboxylic acid groups (broad SMARTS) is 1. The molecule has 0 unspecified atom stereocenters. The van der Waals surface area contributed by atoms with Crippen molar-refractivity contribution in [1.82, 2.24) is 42.1 Å². The SMILES string of the molecule is CC[C@H](C)[C@H](NC(=O)[C@H](CCSC)NC(=O)[C@@H](N)C(C)C)C(=O)NCC(=O)N[C@@H](CO)C(=O)N1CCC[C@H]1C(=O)N[C@@H](CCCCN)C(=O)N[C@@H](CCCCN)C(=O)N[C@H](C(=O)O)C(C)C. The molecule has 1 rings (SSSR count). The fourth-order valence-corrected chi connectivity index (χ4v) is 7.54. The quantitative estimate of drug-likeness (QED) is 0.0318. The van der Waals surface area contributed by atoms with E-state index in [1.54, 1.807) is 34.6 Å². The Labute approximate surface area is 393 Å². The zero-order chi connectivity index (χ0) is 50.1. The topological polar surface area (TPSA) is 360 Å². The molecule has 0 aromatic heterocycles. The first kappa shape index (κ1) is 59.4. The third-order valence-electron chi connectivity index (χ3n) is 11.5. The third-order valence-corrected chi connectivity index (χ3v) is 12.2. The number of thioether (sulfide) groups is 1. The van der Waals surface area contributed by atoms with Crippen LogP contribution in [0.25, 0.3) is 0 Å². The second-order valence-corrected chi connectivity index (χ2v) is 18.4. The molecule has 378 valence electrons. The number of carbonyl (C=O) groups excluding carboxylic acids is 8. The smallest absolute Gasteiger partial charge is 0.326 e. The van der Waals surface area contributed by atoms with Gasteiger partial charge in [-0.2, -0.15) is 11.8 Å². The molecule has 8 amide bonds. The van der Waals surface area contributed by atoms with E-state index in [0.29, 0.717) is 57.4 Å². The minimum Gasteiger partial charge on any atom is -0.480 e. The zero-order valence-electron chi connectivity index (χ0n) is 39.8. The molecule has 0 saturated carbocycles. The van der Waals surface area contributed by atoms with Crippen molar-refractivity contribution in [3.05, 3.63) is 0 Å². The van der Waals surface area contributed by atoms with E-state index in [9.17, 15) is 53.4 Å². The Kier molecular flexibility index (Phi) is 28.3. The van der Waals surface area contributed by atoms with Crippen molar-refractivity contribution in [1.29, 1.82) is 0 Å². The normalized spacial score (nSPS) is 17.3. The molecule has 1 aliphatic rings. The molecule has 0 bridgehead atoms. The Hall–Kier alpha value is -4.58. The number of hydrogen-bond acceptors (Lipinski definition) is 14. The summed E-state index contributed by atoms with van der Waals surface area (Å²) >= 11 is 1.47. The highest BCUT2D eigenvalue weighted by Crippen LogP contribution is 2.20. The van der Waals surface area contributed by atoms with Gasteiger partial charge in [-0.05, 0) is 101 Å². The number of nitrogens with one attached hydrogen (secondary N) is 7. The van der Waals surface area contributed by atoms with Crippen LogP contribution in [0.15, 0.2) is 0 Å². The van der Waals surface area contributed by atoms with Gasteiger partial charge < -0.3 is 69.5 Å². The van der Waals surface area contributed by atoms with Gasteiger partial charge in [0.15, 0.2) is 0 Å². The highest BCUT2D eigenvalue weighted by molar-refractivity contribution is 7.98. The van der Waals surface area contributed by atoms with E-state index in [2.05, 4.69) is 37.2 Å². The van der Waals surface area contributed by atoms with E-state index in [-0.39, 0.29) is 38.1 Å². The number of hydrogen-bond donors (Lipinski definition) is 12. The molecule has 1 aliphatic heterocycles. The van der Waals surface area contributed by atoms with Crippen molar-refractivity contribution >= 4 is 65.0 Å². The second kappa shape index (κ2) is 31.4. The Bertz CT molecular complexity index is 1610. The number of carbonyl (C=O) groups is 9. The van der Waals surface area contributed by atoms with Gasteiger partial charge in [-0.3, -0.25) is 38.4 Å². The van der Waals surface area contributed by atoms with Crippen LogP contribution in [0.3, 0.4) is 0 Å². The number of aliphatic carboxylic acids is 1. The van der Waals surface area contributed by atoms with E-state index < -0.39 is 127 Å². The van der Waals surface area contributed by atoms with Crippen LogP contribution < -0.4 is 54.4 Å². The lowest BCUT2D eigenvalue weighted by atomic mass is 9.97. The van der Waals surface area contributed by atoms with E-state index >= 15 is 0 Å². The van der Waals surface area contributed by atoms with E-state index in [0.717, 1.165) is 0 Å². The maximum absolute atomic E-state index is 13.8. The highest BCUT2D eigenvalue weighted by atomic mass is 32.2. The molecule has 0 radical (unpaired) electrons. The molecule has 1 heterocycles. The summed E-state index contributed by atoms with van der Waals surface area (Å²) in [5, 5.41) is 38.0. The predicted molar refractivity (Wildman–Crippen MR) is 250 cm³/mol. The summed E-state index contributed by atoms with van der Waals surface area (Å²) in [4.78, 5) is 121. The van der Waals surface area contributed by atoms with Gasteiger partial charge in [-0.1, -0.05) is 48.0 Å². The minimum atomic E-state index is -1.51. The van der Waals surface area contributed by atoms with Gasteiger partial charge in [0, 0.05) is 6.54 Å². The van der Waals surface area contributed by atoms with Crippen molar-refractivity contribution in [3.63, 3.8) is 0 Å². The van der Waals surface area contributed by atoms with Crippen molar-refractivity contribution in [2.45, 2.75) is 154 Å². The lowest BCUT2D eigenvalue weighted by Gasteiger charge is -2.30. The standard InChI is InChI=1S/C43H79N11O11S/c1-8-26(6)35(53-38(59)29(17-21-66-7)51-40(61)33(46)24(2)3)41(62)47-22-32(56)48-30(23-55)42(63)54-20-13-16-31(54)39(60)50-27(14-9-11-18-44)36(57)49-28(15-10-12-19-45)37(58)52-34(25(4)5)43(64)65/h24-31,33-35,55H,8-23,44-46H2,1-7H3,(H,47,62)(H,48,56)(H,49,57)(H,50,60)(H,51,61)(H,52,58)(H,53,59)(H,64,65)/t26-,27-,28-,29-,30-,31-,33-,34-,35-/m0/s1. The van der Waals surface area contributed by atoms with Gasteiger partial charge in [-0.15, -0.1) is 0 Å². The minimum absolute atomic E-state index is 0.0894. The van der Waals surface area contributed by atoms with Crippen LogP contribution in [0.1, 0.15) is 106 Å². The van der Waals surface area contributed by atoms with Crippen molar-refractivity contribution in [2.24, 2.45) is 35.0 Å². The summed E-state index contributed by atoms with van der Waals surface area (Å²) < 4.78 is 0. The van der Waals surface area contributed by atoms with Gasteiger partial charge in [-0.25, -0.2) is 4.79 Å². The van der Waals surface area contributed by atoms with Crippen molar-refractivity contribution in [3.8, 4) is 0 Å². The fraction of sp³-hybridized carbons (Fsp3) is 0.791. The molecule has 0 aromatic rings. The number of amides is 8. The summed E-state index contributed by atoms with van der Waals surface area (Å²) in [6.07, 6.45) is 5.36. The van der Waals surface area contributed by atoms with Crippen LogP contribution in [0.4, 0.5) is 0 Å². The van der Waals surface area contributed by atoms with E-state index in [4.69, 9.17) is 17.2 Å². The predicted octanol–water partition coefficient (Wildman–Crippen LogP) is -2.22. The Morgan fingerprint density at radius 3 is 1.71 bits per heavy atom. The van der Waals surface area contributed by atoms with Gasteiger partial charge in [0.05, 0.1) is 19.2 Å². The average Bonchev–Trinajstić information content (AvgIpc) is 3.78. The van der Waals surface area contributed by atoms with E-state index in [1.165, 1.54) is 16.7 Å². The van der Waals surface area contributed by atoms with Crippen molar-refractivity contribution < 1.29 is 53.4 Å². The number of aliphatic hydroxyl groups excluding tert-OH is 1. The number of rotatable bonds is 32. The first-order valence-electron chi connectivity index (χ1n) is 23.1. The van der Waals surface area contributed by atoms with Gasteiger partial charge in [0.1, 0.15) is 42.3 Å². The molecule has 1 saturated heterocycles. The molecule has 9 atom stereocenters. The average molecular weight is 958 g/mol. The largest absolute Gasteiger partial charge is 0.480 e.